The van der Waals surface area contributed by atoms with E-state index in [1.165, 1.54) is 43.6 Å². The Morgan fingerprint density at radius 1 is 0.356 bits per heavy atom. The lowest BCUT2D eigenvalue weighted by atomic mass is 10.1. The number of nitrogens with zero attached hydrogens (tertiary/aromatic N) is 4. The zero-order valence-electron chi connectivity index (χ0n) is 24.3. The molecule has 0 aliphatic carbocycles. The van der Waals surface area contributed by atoms with Gasteiger partial charge in [-0.2, -0.15) is 0 Å². The quantitative estimate of drug-likeness (QED) is 0.206. The summed E-state index contributed by atoms with van der Waals surface area (Å²) in [5.41, 5.74) is 11.5. The first-order valence-corrected chi connectivity index (χ1v) is 15.3. The van der Waals surface area contributed by atoms with E-state index in [0.29, 0.717) is 0 Å². The molecule has 0 aliphatic heterocycles. The molecule has 0 atom stereocenters. The molecule has 0 unspecified atom stereocenters. The van der Waals surface area contributed by atoms with Gasteiger partial charge in [-0.05, 0) is 72.8 Å². The Labute approximate surface area is 258 Å². The number of hydrogen-bond donors (Lipinski definition) is 0. The number of hydrogen-bond acceptors (Lipinski definition) is 1. The van der Waals surface area contributed by atoms with Crippen LogP contribution in [0.4, 0.5) is 0 Å². The molecule has 10 rings (SSSR count). The molecule has 0 N–H and O–H groups in total. The van der Waals surface area contributed by atoms with Crippen molar-refractivity contribution in [3.63, 3.8) is 0 Å². The van der Waals surface area contributed by atoms with Gasteiger partial charge in [-0.1, -0.05) is 78.9 Å². The number of rotatable bonds is 3. The zero-order valence-corrected chi connectivity index (χ0v) is 24.3. The monoisotopic (exact) mass is 574 g/mol. The maximum absolute atomic E-state index is 4.88. The second kappa shape index (κ2) is 9.18. The van der Waals surface area contributed by atoms with E-state index in [1.54, 1.807) is 0 Å². The predicted octanol–water partition coefficient (Wildman–Crippen LogP) is 10.4. The summed E-state index contributed by atoms with van der Waals surface area (Å²) in [6.07, 6.45) is 1.89. The minimum atomic E-state index is 1.01. The van der Waals surface area contributed by atoms with Gasteiger partial charge in [-0.15, -0.1) is 0 Å². The molecule has 4 heterocycles. The summed E-state index contributed by atoms with van der Waals surface area (Å²) in [5, 5.41) is 6.15. The van der Waals surface area contributed by atoms with Crippen molar-refractivity contribution in [3.05, 3.63) is 158 Å². The van der Waals surface area contributed by atoms with Gasteiger partial charge in [0.2, 0.25) is 0 Å². The van der Waals surface area contributed by atoms with Gasteiger partial charge < -0.3 is 13.7 Å². The van der Waals surface area contributed by atoms with E-state index < -0.39 is 0 Å². The van der Waals surface area contributed by atoms with Gasteiger partial charge in [-0.3, -0.25) is 4.98 Å². The van der Waals surface area contributed by atoms with Crippen molar-refractivity contribution < 1.29 is 0 Å². The summed E-state index contributed by atoms with van der Waals surface area (Å²) in [6, 6.07) is 54.4. The van der Waals surface area contributed by atoms with Gasteiger partial charge >= 0.3 is 0 Å². The fourth-order valence-electron chi connectivity index (χ4n) is 7.45. The van der Waals surface area contributed by atoms with Crippen molar-refractivity contribution in [2.45, 2.75) is 0 Å². The Kier molecular flexibility index (Phi) is 4.96. The summed E-state index contributed by atoms with van der Waals surface area (Å²) in [7, 11) is 0. The molecule has 0 amide bonds. The minimum Gasteiger partial charge on any atom is -0.309 e. The normalized spacial score (nSPS) is 12.0. The molecule has 10 aromatic rings. The van der Waals surface area contributed by atoms with Crippen LogP contribution in [-0.2, 0) is 0 Å². The lowest BCUT2D eigenvalue weighted by Gasteiger charge is -2.11. The van der Waals surface area contributed by atoms with Crippen molar-refractivity contribution in [3.8, 4) is 17.1 Å². The molecule has 6 aromatic carbocycles. The zero-order chi connectivity index (χ0) is 29.5. The van der Waals surface area contributed by atoms with Crippen molar-refractivity contribution in [1.82, 2.24) is 18.7 Å². The van der Waals surface area contributed by atoms with Crippen LogP contribution in [0, 0.1) is 0 Å². The molecule has 0 spiro atoms. The highest BCUT2D eigenvalue weighted by molar-refractivity contribution is 6.26. The van der Waals surface area contributed by atoms with Crippen LogP contribution < -0.4 is 0 Å². The Balaban J connectivity index is 1.34. The molecule has 4 nitrogen and oxygen atoms in total. The largest absolute Gasteiger partial charge is 0.309 e. The second-order valence-corrected chi connectivity index (χ2v) is 11.6. The molecular formula is C41H26N4. The first-order chi connectivity index (χ1) is 22.4. The standard InChI is InChI=1S/C41H26N4/c1-3-12-27(13-4-1)43-36-23-21-29(26-33(36)40-38(43)20-11-25-42-40)44-35-19-10-8-17-32(35)39-37(44)24-22-31-30-16-7-9-18-34(30)45(41(31)39)28-14-5-2-6-15-28/h1-26H. The van der Waals surface area contributed by atoms with Gasteiger partial charge in [-0.25, -0.2) is 0 Å². The smallest absolute Gasteiger partial charge is 0.0964 e. The molecule has 0 aliphatic rings. The number of fused-ring (bicyclic) bond motifs is 10. The second-order valence-electron chi connectivity index (χ2n) is 11.6. The van der Waals surface area contributed by atoms with Crippen molar-refractivity contribution in [2.75, 3.05) is 0 Å². The Bertz CT molecular complexity index is 2750. The van der Waals surface area contributed by atoms with Crippen LogP contribution in [0.3, 0.4) is 0 Å². The lowest BCUT2D eigenvalue weighted by Crippen LogP contribution is -1.96. The molecule has 0 saturated carbocycles. The maximum atomic E-state index is 4.88. The first kappa shape index (κ1) is 24.3. The van der Waals surface area contributed by atoms with Crippen molar-refractivity contribution in [1.29, 1.82) is 0 Å². The topological polar surface area (TPSA) is 27.7 Å². The number of aromatic nitrogens is 4. The summed E-state index contributed by atoms with van der Waals surface area (Å²) in [4.78, 5) is 4.88. The minimum absolute atomic E-state index is 1.01. The van der Waals surface area contributed by atoms with Gasteiger partial charge in [0.05, 0.1) is 38.6 Å². The van der Waals surface area contributed by atoms with Crippen LogP contribution >= 0.6 is 0 Å². The predicted molar refractivity (Wildman–Crippen MR) is 187 cm³/mol. The summed E-state index contributed by atoms with van der Waals surface area (Å²) in [6.45, 7) is 0. The average molecular weight is 575 g/mol. The summed E-state index contributed by atoms with van der Waals surface area (Å²) >= 11 is 0. The third kappa shape index (κ3) is 3.34. The van der Waals surface area contributed by atoms with Crippen molar-refractivity contribution in [2.24, 2.45) is 0 Å². The highest BCUT2D eigenvalue weighted by Crippen LogP contribution is 2.42. The van der Waals surface area contributed by atoms with Crippen LogP contribution in [0.2, 0.25) is 0 Å². The first-order valence-electron chi connectivity index (χ1n) is 15.3. The van der Waals surface area contributed by atoms with Crippen LogP contribution in [-0.4, -0.2) is 18.7 Å². The molecule has 210 valence electrons. The van der Waals surface area contributed by atoms with Gasteiger partial charge in [0.1, 0.15) is 0 Å². The summed E-state index contributed by atoms with van der Waals surface area (Å²) < 4.78 is 7.17. The number of pyridine rings is 1. The van der Waals surface area contributed by atoms with Crippen LogP contribution in [0.1, 0.15) is 0 Å². The number of benzene rings is 6. The van der Waals surface area contributed by atoms with Crippen molar-refractivity contribution >= 4 is 65.5 Å². The lowest BCUT2D eigenvalue weighted by molar-refractivity contribution is 1.16. The Morgan fingerprint density at radius 2 is 0.933 bits per heavy atom. The Morgan fingerprint density at radius 3 is 1.71 bits per heavy atom. The van der Waals surface area contributed by atoms with E-state index in [1.807, 2.05) is 12.3 Å². The fourth-order valence-corrected chi connectivity index (χ4v) is 7.45. The molecule has 4 heteroatoms. The third-order valence-corrected chi connectivity index (χ3v) is 9.26. The molecule has 0 saturated heterocycles. The van der Waals surface area contributed by atoms with E-state index in [0.717, 1.165) is 39.0 Å². The van der Waals surface area contributed by atoms with E-state index >= 15 is 0 Å². The van der Waals surface area contributed by atoms with Gasteiger partial charge in [0.25, 0.3) is 0 Å². The summed E-state index contributed by atoms with van der Waals surface area (Å²) in [5.74, 6) is 0. The third-order valence-electron chi connectivity index (χ3n) is 9.26. The van der Waals surface area contributed by atoms with Crippen LogP contribution in [0.5, 0.6) is 0 Å². The molecular weight excluding hydrogens is 548 g/mol. The molecule has 0 fully saturated rings. The molecule has 0 radical (unpaired) electrons. The molecule has 4 aromatic heterocycles. The Hall–Kier alpha value is -6.13. The fraction of sp³-hybridized carbons (Fsp3) is 0. The van der Waals surface area contributed by atoms with E-state index in [2.05, 4.69) is 159 Å². The van der Waals surface area contributed by atoms with Crippen LogP contribution in [0.15, 0.2) is 158 Å². The van der Waals surface area contributed by atoms with E-state index in [-0.39, 0.29) is 0 Å². The van der Waals surface area contributed by atoms with E-state index in [9.17, 15) is 0 Å². The highest BCUT2D eigenvalue weighted by atomic mass is 15.0. The molecule has 45 heavy (non-hydrogen) atoms. The number of para-hydroxylation sites is 4. The van der Waals surface area contributed by atoms with Crippen LogP contribution in [0.25, 0.3) is 82.6 Å². The maximum Gasteiger partial charge on any atom is 0.0964 e. The SMILES string of the molecule is c1ccc(-n2c3ccc(-n4c5ccccc5c5c4ccc4c6ccccc6n(-c6ccccc6)c45)cc3c3ncccc32)cc1. The average Bonchev–Trinajstić information content (AvgIpc) is 3.74. The van der Waals surface area contributed by atoms with Gasteiger partial charge in [0.15, 0.2) is 0 Å². The van der Waals surface area contributed by atoms with Gasteiger partial charge in [0, 0.05) is 50.2 Å². The molecule has 0 bridgehead atoms. The highest BCUT2D eigenvalue weighted by Gasteiger charge is 2.21. The van der Waals surface area contributed by atoms with E-state index in [4.69, 9.17) is 4.98 Å².